The molecule has 1 aliphatic rings. The number of carbonyl (C=O) groups is 1. The van der Waals surface area contributed by atoms with E-state index in [0.29, 0.717) is 5.92 Å². The Morgan fingerprint density at radius 1 is 1.47 bits per heavy atom. The van der Waals surface area contributed by atoms with Crippen molar-refractivity contribution in [2.45, 2.75) is 38.6 Å². The van der Waals surface area contributed by atoms with Crippen LogP contribution in [-0.2, 0) is 4.79 Å². The van der Waals surface area contributed by atoms with E-state index < -0.39 is 0 Å². The molecule has 1 saturated carbocycles. The second kappa shape index (κ2) is 4.78. The largest absolute Gasteiger partial charge is 0.508 e. The second-order valence-electron chi connectivity index (χ2n) is 4.86. The summed E-state index contributed by atoms with van der Waals surface area (Å²) in [7, 11) is 0. The van der Waals surface area contributed by atoms with E-state index in [2.05, 4.69) is 12.2 Å². The molecule has 0 aliphatic heterocycles. The summed E-state index contributed by atoms with van der Waals surface area (Å²) >= 11 is 0. The molecule has 2 N–H and O–H groups in total. The van der Waals surface area contributed by atoms with Crippen molar-refractivity contribution in [2.24, 2.45) is 5.92 Å². The van der Waals surface area contributed by atoms with Gasteiger partial charge in [-0.15, -0.1) is 0 Å². The number of rotatable bonds is 4. The van der Waals surface area contributed by atoms with E-state index in [9.17, 15) is 9.90 Å². The first-order valence-electron chi connectivity index (χ1n) is 6.21. The smallest absolute Gasteiger partial charge is 0.223 e. The predicted molar refractivity (Wildman–Crippen MR) is 66.9 cm³/mol. The maximum Gasteiger partial charge on any atom is 0.223 e. The number of hydrogen-bond donors (Lipinski definition) is 2. The first-order chi connectivity index (χ1) is 8.11. The van der Waals surface area contributed by atoms with Gasteiger partial charge in [-0.2, -0.15) is 0 Å². The van der Waals surface area contributed by atoms with E-state index in [4.69, 9.17) is 0 Å². The first kappa shape index (κ1) is 12.0. The van der Waals surface area contributed by atoms with Gasteiger partial charge in [-0.25, -0.2) is 0 Å². The summed E-state index contributed by atoms with van der Waals surface area (Å²) in [4.78, 5) is 11.9. The van der Waals surface area contributed by atoms with E-state index >= 15 is 0 Å². The zero-order valence-corrected chi connectivity index (χ0v) is 10.3. The van der Waals surface area contributed by atoms with Gasteiger partial charge < -0.3 is 10.4 Å². The minimum absolute atomic E-state index is 0.119. The van der Waals surface area contributed by atoms with Crippen molar-refractivity contribution in [1.82, 2.24) is 5.32 Å². The lowest BCUT2D eigenvalue weighted by atomic mass is 10.1. The Morgan fingerprint density at radius 3 is 2.71 bits per heavy atom. The Kier molecular flexibility index (Phi) is 3.36. The number of phenols is 1. The maximum absolute atomic E-state index is 11.9. The number of benzene rings is 1. The summed E-state index contributed by atoms with van der Waals surface area (Å²) in [5, 5.41) is 12.2. The van der Waals surface area contributed by atoms with Crippen LogP contribution in [0.3, 0.4) is 0 Å². The molecule has 17 heavy (non-hydrogen) atoms. The summed E-state index contributed by atoms with van der Waals surface area (Å²) < 4.78 is 0. The molecule has 92 valence electrons. The van der Waals surface area contributed by atoms with Crippen LogP contribution in [0.2, 0.25) is 0 Å². The van der Waals surface area contributed by atoms with Crippen LogP contribution in [-0.4, -0.2) is 17.1 Å². The van der Waals surface area contributed by atoms with Crippen molar-refractivity contribution < 1.29 is 9.90 Å². The van der Waals surface area contributed by atoms with Crippen molar-refractivity contribution in [1.29, 1.82) is 0 Å². The molecule has 3 unspecified atom stereocenters. The van der Waals surface area contributed by atoms with Crippen LogP contribution < -0.4 is 5.32 Å². The first-order valence-corrected chi connectivity index (χ1v) is 6.21. The van der Waals surface area contributed by atoms with Gasteiger partial charge in [0.2, 0.25) is 5.91 Å². The fourth-order valence-corrected chi connectivity index (χ4v) is 2.03. The molecule has 0 saturated heterocycles. The minimum Gasteiger partial charge on any atom is -0.508 e. The van der Waals surface area contributed by atoms with Crippen LogP contribution in [0.5, 0.6) is 5.75 Å². The molecule has 1 aromatic carbocycles. The van der Waals surface area contributed by atoms with Gasteiger partial charge in [0.1, 0.15) is 5.75 Å². The highest BCUT2D eigenvalue weighted by Gasteiger charge is 2.43. The molecule has 0 radical (unpaired) electrons. The number of phenolic OH excluding ortho intramolecular Hbond substituents is 1. The molecular weight excluding hydrogens is 214 g/mol. The topological polar surface area (TPSA) is 49.3 Å². The molecule has 1 aromatic rings. The lowest BCUT2D eigenvalue weighted by Crippen LogP contribution is -2.33. The highest BCUT2D eigenvalue weighted by molar-refractivity contribution is 5.83. The van der Waals surface area contributed by atoms with Gasteiger partial charge in [0.05, 0.1) is 0 Å². The standard InChI is InChI=1S/C14H19NO2/c1-3-9(2)15-14(17)13-8-12(13)10-4-6-11(16)7-5-10/h4-7,9,12-13,16H,3,8H2,1-2H3,(H,15,17). The van der Waals surface area contributed by atoms with Gasteiger partial charge in [0.15, 0.2) is 0 Å². The number of aromatic hydroxyl groups is 1. The highest BCUT2D eigenvalue weighted by atomic mass is 16.3. The highest BCUT2D eigenvalue weighted by Crippen LogP contribution is 2.47. The van der Waals surface area contributed by atoms with Crippen molar-refractivity contribution >= 4 is 5.91 Å². The van der Waals surface area contributed by atoms with Gasteiger partial charge in [0, 0.05) is 12.0 Å². The number of amides is 1. The van der Waals surface area contributed by atoms with Gasteiger partial charge in [0.25, 0.3) is 0 Å². The van der Waals surface area contributed by atoms with Crippen molar-refractivity contribution in [2.75, 3.05) is 0 Å². The third kappa shape index (κ3) is 2.78. The van der Waals surface area contributed by atoms with E-state index in [1.54, 1.807) is 12.1 Å². The molecule has 2 rings (SSSR count). The molecule has 3 nitrogen and oxygen atoms in total. The van der Waals surface area contributed by atoms with Crippen LogP contribution >= 0.6 is 0 Å². The lowest BCUT2D eigenvalue weighted by molar-refractivity contribution is -0.123. The summed E-state index contributed by atoms with van der Waals surface area (Å²) in [6.07, 6.45) is 1.88. The third-order valence-electron chi connectivity index (χ3n) is 3.45. The summed E-state index contributed by atoms with van der Waals surface area (Å²) in [6, 6.07) is 7.41. The van der Waals surface area contributed by atoms with Crippen LogP contribution in [0, 0.1) is 5.92 Å². The normalized spacial score (nSPS) is 24.1. The Balaban J connectivity index is 1.92. The SMILES string of the molecule is CCC(C)NC(=O)C1CC1c1ccc(O)cc1. The molecule has 0 bridgehead atoms. The minimum atomic E-state index is 0.119. The van der Waals surface area contributed by atoms with Gasteiger partial charge in [-0.3, -0.25) is 4.79 Å². The Bertz CT molecular complexity index is 399. The fraction of sp³-hybridized carbons (Fsp3) is 0.500. The van der Waals surface area contributed by atoms with Crippen LogP contribution in [0.4, 0.5) is 0 Å². The van der Waals surface area contributed by atoms with Crippen molar-refractivity contribution in [3.05, 3.63) is 29.8 Å². The predicted octanol–water partition coefficient (Wildman–Crippen LogP) is 2.41. The maximum atomic E-state index is 11.9. The Morgan fingerprint density at radius 2 is 2.12 bits per heavy atom. The average molecular weight is 233 g/mol. The number of nitrogens with one attached hydrogen (secondary N) is 1. The van der Waals surface area contributed by atoms with Crippen molar-refractivity contribution in [3.8, 4) is 5.75 Å². The molecule has 0 spiro atoms. The molecular formula is C14H19NO2. The summed E-state index contributed by atoms with van der Waals surface area (Å²) in [5.74, 6) is 0.889. The number of carbonyl (C=O) groups excluding carboxylic acids is 1. The second-order valence-corrected chi connectivity index (χ2v) is 4.86. The summed E-state index contributed by atoms with van der Waals surface area (Å²) in [6.45, 7) is 4.09. The van der Waals surface area contributed by atoms with Crippen LogP contribution in [0.25, 0.3) is 0 Å². The molecule has 1 amide bonds. The third-order valence-corrected chi connectivity index (χ3v) is 3.45. The molecule has 1 aliphatic carbocycles. The Hall–Kier alpha value is -1.51. The molecule has 1 fully saturated rings. The van der Waals surface area contributed by atoms with E-state index in [1.807, 2.05) is 19.1 Å². The van der Waals surface area contributed by atoms with Crippen molar-refractivity contribution in [3.63, 3.8) is 0 Å². The molecule has 3 atom stereocenters. The quantitative estimate of drug-likeness (QED) is 0.839. The van der Waals surface area contributed by atoms with Gasteiger partial charge in [-0.05, 0) is 43.4 Å². The number of hydrogen-bond acceptors (Lipinski definition) is 2. The van der Waals surface area contributed by atoms with Crippen LogP contribution in [0.1, 0.15) is 38.2 Å². The monoisotopic (exact) mass is 233 g/mol. The lowest BCUT2D eigenvalue weighted by Gasteiger charge is -2.11. The molecule has 3 heteroatoms. The van der Waals surface area contributed by atoms with Crippen LogP contribution in [0.15, 0.2) is 24.3 Å². The van der Waals surface area contributed by atoms with E-state index in [-0.39, 0.29) is 23.6 Å². The van der Waals surface area contributed by atoms with Gasteiger partial charge >= 0.3 is 0 Å². The van der Waals surface area contributed by atoms with E-state index in [1.165, 1.54) is 0 Å². The van der Waals surface area contributed by atoms with Gasteiger partial charge in [-0.1, -0.05) is 19.1 Å². The molecule has 0 heterocycles. The zero-order chi connectivity index (χ0) is 12.4. The Labute approximate surface area is 102 Å². The van der Waals surface area contributed by atoms with E-state index in [0.717, 1.165) is 18.4 Å². The zero-order valence-electron chi connectivity index (χ0n) is 10.3. The molecule has 0 aromatic heterocycles. The average Bonchev–Trinajstić information content (AvgIpc) is 3.10. The fourth-order valence-electron chi connectivity index (χ4n) is 2.03. The summed E-state index contributed by atoms with van der Waals surface area (Å²) in [5.41, 5.74) is 1.15.